The third-order valence-electron chi connectivity index (χ3n) is 3.00. The number of carbonyl (C=O) groups is 2. The average molecular weight is 335 g/mol. The van der Waals surface area contributed by atoms with Gasteiger partial charge in [-0.2, -0.15) is 0 Å². The molecule has 0 saturated carbocycles. The van der Waals surface area contributed by atoms with Crippen LogP contribution in [-0.2, 0) is 9.47 Å². The van der Waals surface area contributed by atoms with Crippen LogP contribution in [0.15, 0.2) is 46.2 Å². The number of hydrogen-bond donors (Lipinski definition) is 1. The van der Waals surface area contributed by atoms with Crippen LogP contribution in [0.2, 0.25) is 0 Å². The van der Waals surface area contributed by atoms with Crippen LogP contribution in [0.3, 0.4) is 0 Å². The molecule has 23 heavy (non-hydrogen) atoms. The molecular formula is C16H14FNO4S. The highest BCUT2D eigenvalue weighted by Gasteiger charge is 2.16. The van der Waals surface area contributed by atoms with Crippen LogP contribution in [0.5, 0.6) is 0 Å². The van der Waals surface area contributed by atoms with Crippen LogP contribution in [0, 0.1) is 5.82 Å². The number of benzene rings is 2. The molecule has 0 aliphatic carbocycles. The first-order chi connectivity index (χ1) is 11.0. The van der Waals surface area contributed by atoms with Gasteiger partial charge in [0.1, 0.15) is 5.82 Å². The largest absolute Gasteiger partial charge is 0.465 e. The Morgan fingerprint density at radius 2 is 1.65 bits per heavy atom. The number of methoxy groups -OCH3 is 2. The van der Waals surface area contributed by atoms with Crippen molar-refractivity contribution in [2.45, 2.75) is 9.79 Å². The van der Waals surface area contributed by atoms with Crippen LogP contribution in [0.1, 0.15) is 20.7 Å². The zero-order chi connectivity index (χ0) is 17.0. The topological polar surface area (TPSA) is 78.6 Å². The van der Waals surface area contributed by atoms with Crippen molar-refractivity contribution in [1.82, 2.24) is 0 Å². The van der Waals surface area contributed by atoms with Crippen molar-refractivity contribution in [3.63, 3.8) is 0 Å². The zero-order valence-electron chi connectivity index (χ0n) is 12.5. The second kappa shape index (κ2) is 7.15. The number of ether oxygens (including phenoxy) is 2. The lowest BCUT2D eigenvalue weighted by molar-refractivity contribution is 0.0589. The van der Waals surface area contributed by atoms with Crippen molar-refractivity contribution in [3.8, 4) is 0 Å². The van der Waals surface area contributed by atoms with Crippen molar-refractivity contribution < 1.29 is 23.5 Å². The highest BCUT2D eigenvalue weighted by atomic mass is 32.2. The number of rotatable bonds is 4. The maximum atomic E-state index is 13.3. The van der Waals surface area contributed by atoms with Gasteiger partial charge < -0.3 is 15.2 Å². The van der Waals surface area contributed by atoms with Crippen molar-refractivity contribution in [2.75, 3.05) is 20.0 Å². The zero-order valence-corrected chi connectivity index (χ0v) is 13.3. The van der Waals surface area contributed by atoms with Gasteiger partial charge in [0.2, 0.25) is 0 Å². The number of nitrogens with two attached hydrogens (primary N) is 1. The van der Waals surface area contributed by atoms with Gasteiger partial charge in [-0.25, -0.2) is 14.0 Å². The molecule has 5 nitrogen and oxygen atoms in total. The predicted octanol–water partition coefficient (Wildman–Crippen LogP) is 3.13. The standard InChI is InChI=1S/C16H14FNO4S/c1-21-15(19)9-3-5-14(12(18)7-9)23-13-6-4-10(17)8-11(13)16(20)22-2/h3-8H,18H2,1-2H3. The lowest BCUT2D eigenvalue weighted by Crippen LogP contribution is -2.04. The van der Waals surface area contributed by atoms with Crippen molar-refractivity contribution in [1.29, 1.82) is 0 Å². The summed E-state index contributed by atoms with van der Waals surface area (Å²) >= 11 is 1.18. The molecule has 2 aromatic carbocycles. The molecule has 2 aromatic rings. The number of carbonyl (C=O) groups excluding carboxylic acids is 2. The first-order valence-electron chi connectivity index (χ1n) is 6.49. The van der Waals surface area contributed by atoms with E-state index in [1.165, 1.54) is 44.2 Å². The lowest BCUT2D eigenvalue weighted by atomic mass is 10.2. The number of esters is 2. The van der Waals surface area contributed by atoms with Crippen LogP contribution in [0.4, 0.5) is 10.1 Å². The predicted molar refractivity (Wildman–Crippen MR) is 84.1 cm³/mol. The molecule has 0 amide bonds. The first kappa shape index (κ1) is 16.8. The van der Waals surface area contributed by atoms with Gasteiger partial charge >= 0.3 is 11.9 Å². The monoisotopic (exact) mass is 335 g/mol. The Hall–Kier alpha value is -2.54. The van der Waals surface area contributed by atoms with Crippen molar-refractivity contribution in [3.05, 3.63) is 53.3 Å². The third kappa shape index (κ3) is 3.81. The van der Waals surface area contributed by atoms with E-state index in [0.29, 0.717) is 21.0 Å². The minimum atomic E-state index is -0.642. The fourth-order valence-electron chi connectivity index (χ4n) is 1.87. The number of hydrogen-bond acceptors (Lipinski definition) is 6. The molecule has 120 valence electrons. The van der Waals surface area contributed by atoms with E-state index in [1.807, 2.05) is 0 Å². The van der Waals surface area contributed by atoms with Crippen LogP contribution in [-0.4, -0.2) is 26.2 Å². The van der Waals surface area contributed by atoms with E-state index >= 15 is 0 Å². The molecule has 0 aromatic heterocycles. The van der Waals surface area contributed by atoms with Gasteiger partial charge in [0, 0.05) is 15.5 Å². The Bertz CT molecular complexity index is 764. The molecule has 0 atom stereocenters. The summed E-state index contributed by atoms with van der Waals surface area (Å²) in [6.45, 7) is 0. The highest BCUT2D eigenvalue weighted by molar-refractivity contribution is 7.99. The smallest absolute Gasteiger partial charge is 0.339 e. The third-order valence-corrected chi connectivity index (χ3v) is 4.17. The van der Waals surface area contributed by atoms with Crippen molar-refractivity contribution in [2.24, 2.45) is 0 Å². The molecule has 0 saturated heterocycles. The Balaban J connectivity index is 2.36. The van der Waals surface area contributed by atoms with Crippen LogP contribution in [0.25, 0.3) is 0 Å². The van der Waals surface area contributed by atoms with Crippen LogP contribution < -0.4 is 5.73 Å². The Kier molecular flexibility index (Phi) is 5.23. The molecule has 0 radical (unpaired) electrons. The summed E-state index contributed by atoms with van der Waals surface area (Å²) in [6.07, 6.45) is 0. The number of halogens is 1. The van der Waals surface area contributed by atoms with E-state index in [9.17, 15) is 14.0 Å². The summed E-state index contributed by atoms with van der Waals surface area (Å²) in [4.78, 5) is 24.3. The summed E-state index contributed by atoms with van der Waals surface area (Å²) in [5, 5.41) is 0. The summed E-state index contributed by atoms with van der Waals surface area (Å²) in [5.41, 5.74) is 6.70. The molecule has 0 aliphatic rings. The van der Waals surface area contributed by atoms with Gasteiger partial charge in [0.25, 0.3) is 0 Å². The molecule has 0 aliphatic heterocycles. The summed E-state index contributed by atoms with van der Waals surface area (Å²) in [5.74, 6) is -1.68. The van der Waals surface area contributed by atoms with E-state index < -0.39 is 17.8 Å². The summed E-state index contributed by atoms with van der Waals surface area (Å²) in [6, 6.07) is 8.50. The fraction of sp³-hybridized carbons (Fsp3) is 0.125. The molecule has 2 rings (SSSR count). The van der Waals surface area contributed by atoms with Gasteiger partial charge in [0.05, 0.1) is 25.3 Å². The van der Waals surface area contributed by atoms with Gasteiger partial charge in [-0.3, -0.25) is 0 Å². The van der Waals surface area contributed by atoms with E-state index in [2.05, 4.69) is 9.47 Å². The minimum absolute atomic E-state index is 0.106. The highest BCUT2D eigenvalue weighted by Crippen LogP contribution is 2.35. The Labute approximate surface area is 136 Å². The van der Waals surface area contributed by atoms with Gasteiger partial charge in [-0.15, -0.1) is 0 Å². The second-order valence-electron chi connectivity index (χ2n) is 4.48. The molecule has 0 bridgehead atoms. The average Bonchev–Trinajstić information content (AvgIpc) is 2.56. The maximum absolute atomic E-state index is 13.3. The number of anilines is 1. The second-order valence-corrected chi connectivity index (χ2v) is 5.56. The lowest BCUT2D eigenvalue weighted by Gasteiger charge is -2.10. The molecule has 0 fully saturated rings. The van der Waals surface area contributed by atoms with Gasteiger partial charge in [-0.05, 0) is 36.4 Å². The van der Waals surface area contributed by atoms with E-state index in [-0.39, 0.29) is 5.56 Å². The Morgan fingerprint density at radius 3 is 2.26 bits per heavy atom. The molecule has 2 N–H and O–H groups in total. The normalized spacial score (nSPS) is 10.2. The summed E-state index contributed by atoms with van der Waals surface area (Å²) < 4.78 is 22.6. The Morgan fingerprint density at radius 1 is 1.00 bits per heavy atom. The number of nitrogen functional groups attached to an aromatic ring is 1. The first-order valence-corrected chi connectivity index (χ1v) is 7.31. The maximum Gasteiger partial charge on any atom is 0.339 e. The summed E-state index contributed by atoms with van der Waals surface area (Å²) in [7, 11) is 2.50. The van der Waals surface area contributed by atoms with E-state index in [4.69, 9.17) is 5.73 Å². The molecule has 0 spiro atoms. The fourth-order valence-corrected chi connectivity index (χ4v) is 2.80. The van der Waals surface area contributed by atoms with E-state index in [0.717, 1.165) is 6.07 Å². The van der Waals surface area contributed by atoms with Crippen molar-refractivity contribution >= 4 is 29.4 Å². The molecular weight excluding hydrogens is 321 g/mol. The molecule has 0 heterocycles. The minimum Gasteiger partial charge on any atom is -0.465 e. The SMILES string of the molecule is COC(=O)c1ccc(Sc2ccc(F)cc2C(=O)OC)c(N)c1. The molecule has 0 unspecified atom stereocenters. The van der Waals surface area contributed by atoms with Gasteiger partial charge in [-0.1, -0.05) is 11.8 Å². The molecule has 7 heteroatoms. The van der Waals surface area contributed by atoms with Gasteiger partial charge in [0.15, 0.2) is 0 Å². The quantitative estimate of drug-likeness (QED) is 0.683. The van der Waals surface area contributed by atoms with Crippen LogP contribution >= 0.6 is 11.8 Å². The van der Waals surface area contributed by atoms with E-state index in [1.54, 1.807) is 12.1 Å².